The maximum absolute atomic E-state index is 13.0. The van der Waals surface area contributed by atoms with E-state index in [1.54, 1.807) is 6.07 Å². The van der Waals surface area contributed by atoms with Crippen molar-refractivity contribution in [2.75, 3.05) is 32.1 Å². The number of ether oxygens (including phenoxy) is 1. The summed E-state index contributed by atoms with van der Waals surface area (Å²) < 4.78 is 32.0. The van der Waals surface area contributed by atoms with Gasteiger partial charge in [-0.3, -0.25) is 4.79 Å². The molecular formula is C19H22Cl2N2O4S. The lowest BCUT2D eigenvalue weighted by Gasteiger charge is -2.22. The number of amides is 1. The second kappa shape index (κ2) is 9.71. The minimum atomic E-state index is -3.97. The van der Waals surface area contributed by atoms with Gasteiger partial charge in [0.05, 0.1) is 28.1 Å². The first-order valence-corrected chi connectivity index (χ1v) is 10.7. The second-order valence-corrected chi connectivity index (χ2v) is 8.96. The van der Waals surface area contributed by atoms with Gasteiger partial charge >= 0.3 is 0 Å². The zero-order valence-electron chi connectivity index (χ0n) is 15.8. The van der Waals surface area contributed by atoms with Crippen LogP contribution in [0.5, 0.6) is 0 Å². The van der Waals surface area contributed by atoms with E-state index in [0.29, 0.717) is 5.69 Å². The predicted molar refractivity (Wildman–Crippen MR) is 112 cm³/mol. The van der Waals surface area contributed by atoms with E-state index < -0.39 is 15.9 Å². The fourth-order valence-corrected chi connectivity index (χ4v) is 4.27. The molecule has 0 unspecified atom stereocenters. The summed E-state index contributed by atoms with van der Waals surface area (Å²) in [5, 5.41) is 3.14. The molecule has 0 bridgehead atoms. The molecule has 0 saturated carbocycles. The lowest BCUT2D eigenvalue weighted by Crippen LogP contribution is -2.40. The standard InChI is InChI=1S/C19H22Cl2N2O4S/c1-13-5-4-6-18(14(13)2)22-19(24)12-23(9-10-27-3)28(25,26)15-7-8-16(20)17(21)11-15/h4-8,11H,9-10,12H2,1-3H3,(H,22,24). The number of sulfonamides is 1. The Hall–Kier alpha value is -1.64. The van der Waals surface area contributed by atoms with E-state index in [1.807, 2.05) is 26.0 Å². The molecule has 28 heavy (non-hydrogen) atoms. The highest BCUT2D eigenvalue weighted by atomic mass is 35.5. The fraction of sp³-hybridized carbons (Fsp3) is 0.316. The SMILES string of the molecule is COCCN(CC(=O)Nc1cccc(C)c1C)S(=O)(=O)c1ccc(Cl)c(Cl)c1. The van der Waals surface area contributed by atoms with Crippen LogP contribution >= 0.6 is 23.2 Å². The Balaban J connectivity index is 2.25. The number of carbonyl (C=O) groups excluding carboxylic acids is 1. The van der Waals surface area contributed by atoms with Gasteiger partial charge in [0.15, 0.2) is 0 Å². The van der Waals surface area contributed by atoms with Crippen molar-refractivity contribution in [3.63, 3.8) is 0 Å². The van der Waals surface area contributed by atoms with Crippen LogP contribution in [0.1, 0.15) is 11.1 Å². The molecule has 0 aliphatic rings. The molecule has 152 valence electrons. The molecule has 0 aliphatic carbocycles. The van der Waals surface area contributed by atoms with Gasteiger partial charge in [-0.2, -0.15) is 4.31 Å². The Labute approximate surface area is 175 Å². The Morgan fingerprint density at radius 1 is 1.14 bits per heavy atom. The third-order valence-corrected chi connectivity index (χ3v) is 6.85. The molecule has 1 N–H and O–H groups in total. The zero-order valence-corrected chi connectivity index (χ0v) is 18.2. The number of carbonyl (C=O) groups is 1. The summed E-state index contributed by atoms with van der Waals surface area (Å²) in [5.41, 5.74) is 2.59. The van der Waals surface area contributed by atoms with E-state index in [2.05, 4.69) is 5.32 Å². The minimum Gasteiger partial charge on any atom is -0.383 e. The Morgan fingerprint density at radius 2 is 1.86 bits per heavy atom. The van der Waals surface area contributed by atoms with Gasteiger partial charge in [-0.05, 0) is 49.2 Å². The number of rotatable bonds is 8. The van der Waals surface area contributed by atoms with Gasteiger partial charge in [0.25, 0.3) is 0 Å². The molecule has 2 rings (SSSR count). The van der Waals surface area contributed by atoms with Crippen LogP contribution in [0.4, 0.5) is 5.69 Å². The lowest BCUT2D eigenvalue weighted by molar-refractivity contribution is -0.116. The predicted octanol–water partition coefficient (Wildman–Crippen LogP) is 3.89. The van der Waals surface area contributed by atoms with Crippen LogP contribution in [0.25, 0.3) is 0 Å². The topological polar surface area (TPSA) is 75.7 Å². The molecule has 1 amide bonds. The van der Waals surface area contributed by atoms with Crippen LogP contribution < -0.4 is 5.32 Å². The number of halogens is 2. The van der Waals surface area contributed by atoms with E-state index in [4.69, 9.17) is 27.9 Å². The molecule has 0 atom stereocenters. The summed E-state index contributed by atoms with van der Waals surface area (Å²) in [6, 6.07) is 9.56. The third kappa shape index (κ3) is 5.46. The molecule has 0 fully saturated rings. The third-order valence-electron chi connectivity index (χ3n) is 4.27. The summed E-state index contributed by atoms with van der Waals surface area (Å²) in [6.07, 6.45) is 0. The van der Waals surface area contributed by atoms with Crippen molar-refractivity contribution in [3.8, 4) is 0 Å². The largest absolute Gasteiger partial charge is 0.383 e. The number of hydrogen-bond acceptors (Lipinski definition) is 4. The van der Waals surface area contributed by atoms with Crippen molar-refractivity contribution in [1.82, 2.24) is 4.31 Å². The van der Waals surface area contributed by atoms with E-state index >= 15 is 0 Å². The number of hydrogen-bond donors (Lipinski definition) is 1. The van der Waals surface area contributed by atoms with Crippen LogP contribution in [0.2, 0.25) is 10.0 Å². The summed E-state index contributed by atoms with van der Waals surface area (Å²) in [4.78, 5) is 12.5. The van der Waals surface area contributed by atoms with Crippen LogP contribution in [-0.4, -0.2) is 45.4 Å². The van der Waals surface area contributed by atoms with E-state index in [0.717, 1.165) is 15.4 Å². The normalized spacial score (nSPS) is 11.6. The molecule has 2 aromatic rings. The number of anilines is 1. The van der Waals surface area contributed by atoms with Crippen molar-refractivity contribution in [1.29, 1.82) is 0 Å². The zero-order chi connectivity index (χ0) is 20.9. The van der Waals surface area contributed by atoms with Crippen LogP contribution in [0, 0.1) is 13.8 Å². The number of methoxy groups -OCH3 is 1. The number of nitrogens with one attached hydrogen (secondary N) is 1. The first kappa shape index (κ1) is 22.6. The van der Waals surface area contributed by atoms with E-state index in [1.165, 1.54) is 25.3 Å². The van der Waals surface area contributed by atoms with Crippen molar-refractivity contribution in [2.24, 2.45) is 0 Å². The molecule has 2 aromatic carbocycles. The number of aryl methyl sites for hydroxylation is 1. The Bertz CT molecular complexity index is 964. The fourth-order valence-electron chi connectivity index (χ4n) is 2.50. The molecule has 0 aliphatic heterocycles. The molecule has 6 nitrogen and oxygen atoms in total. The maximum Gasteiger partial charge on any atom is 0.243 e. The summed E-state index contributed by atoms with van der Waals surface area (Å²) in [6.45, 7) is 3.61. The molecule has 0 spiro atoms. The van der Waals surface area contributed by atoms with Gasteiger partial charge in [0, 0.05) is 19.3 Å². The number of benzene rings is 2. The maximum atomic E-state index is 13.0. The van der Waals surface area contributed by atoms with Gasteiger partial charge in [-0.15, -0.1) is 0 Å². The molecule has 9 heteroatoms. The van der Waals surface area contributed by atoms with Gasteiger partial charge < -0.3 is 10.1 Å². The molecular weight excluding hydrogens is 423 g/mol. The summed E-state index contributed by atoms with van der Waals surface area (Å²) in [7, 11) is -2.51. The van der Waals surface area contributed by atoms with Crippen molar-refractivity contribution < 1.29 is 17.9 Å². The van der Waals surface area contributed by atoms with Gasteiger partial charge in [0.1, 0.15) is 0 Å². The Morgan fingerprint density at radius 3 is 2.50 bits per heavy atom. The average molecular weight is 445 g/mol. The Kier molecular flexibility index (Phi) is 7.86. The van der Waals surface area contributed by atoms with Crippen LogP contribution in [-0.2, 0) is 19.6 Å². The molecule has 0 radical (unpaired) electrons. The van der Waals surface area contributed by atoms with Gasteiger partial charge in [-0.1, -0.05) is 35.3 Å². The van der Waals surface area contributed by atoms with Crippen LogP contribution in [0.15, 0.2) is 41.3 Å². The highest BCUT2D eigenvalue weighted by molar-refractivity contribution is 7.89. The van der Waals surface area contributed by atoms with Crippen LogP contribution in [0.3, 0.4) is 0 Å². The molecule has 0 saturated heterocycles. The van der Waals surface area contributed by atoms with Gasteiger partial charge in [-0.25, -0.2) is 8.42 Å². The lowest BCUT2D eigenvalue weighted by atomic mass is 10.1. The highest BCUT2D eigenvalue weighted by Gasteiger charge is 2.27. The summed E-state index contributed by atoms with van der Waals surface area (Å²) >= 11 is 11.8. The monoisotopic (exact) mass is 444 g/mol. The smallest absolute Gasteiger partial charge is 0.243 e. The molecule has 0 aromatic heterocycles. The number of nitrogens with zero attached hydrogens (tertiary/aromatic N) is 1. The van der Waals surface area contributed by atoms with E-state index in [-0.39, 0.29) is 34.6 Å². The minimum absolute atomic E-state index is 0.0132. The first-order chi connectivity index (χ1) is 13.2. The molecule has 0 heterocycles. The van der Waals surface area contributed by atoms with Crippen molar-refractivity contribution in [2.45, 2.75) is 18.7 Å². The van der Waals surface area contributed by atoms with E-state index in [9.17, 15) is 13.2 Å². The quantitative estimate of drug-likeness (QED) is 0.669. The van der Waals surface area contributed by atoms with Crippen molar-refractivity contribution >= 4 is 44.8 Å². The van der Waals surface area contributed by atoms with Gasteiger partial charge in [0.2, 0.25) is 15.9 Å². The highest BCUT2D eigenvalue weighted by Crippen LogP contribution is 2.26. The summed E-state index contributed by atoms with van der Waals surface area (Å²) in [5.74, 6) is -0.451. The van der Waals surface area contributed by atoms with Crippen molar-refractivity contribution in [3.05, 3.63) is 57.6 Å². The first-order valence-electron chi connectivity index (χ1n) is 8.47. The second-order valence-electron chi connectivity index (χ2n) is 6.20. The average Bonchev–Trinajstić information content (AvgIpc) is 2.64.